The molecule has 0 aliphatic carbocycles. The number of allylic oxidation sites excluding steroid dienone is 32. The number of phosphoric ester groups is 1. The van der Waals surface area contributed by atoms with Crippen LogP contribution in [0.25, 0.3) is 0 Å². The van der Waals surface area contributed by atoms with Crippen molar-refractivity contribution in [1.82, 2.24) is 0 Å². The number of esters is 2. The van der Waals surface area contributed by atoms with Gasteiger partial charge < -0.3 is 27.9 Å². The first kappa shape index (κ1) is 84.8. The summed E-state index contributed by atoms with van der Waals surface area (Å²) in [7, 11) is 1.12. The standard InChI is InChI=1S/C80H128NO8P/c1-6-8-10-12-14-16-18-20-22-24-26-28-30-32-34-36-38-39-40-41-43-44-46-48-50-52-54-56-58-60-62-64-66-68-70-72-79(82)86-76-78(77-88-90(84,85)87-75-74-81(3,4)5)89-80(83)73-71-69-67-65-63-61-59-57-55-53-51-49-47-45-42-37-35-33-31-29-27-25-23-21-19-17-15-13-11-9-7-2/h8-11,14-17,20-23,26-29,32-35,38-39,41-43,45,49,51,55,57,61,63,78H,6-7,12-13,18-19,24-25,30-31,36-37,40,44,46-48,50,52-54,56,58-60,62,64-77H2,1-5H3/b10-8-,11-9-,16-14-,17-15-,22-20-,23-21-,28-26-,29-27-,34-32-,35-33-,39-38-,43-41-,45-42-,51-49-,57-55-,63-61-. The number of hydrogen-bond donors (Lipinski definition) is 0. The summed E-state index contributed by atoms with van der Waals surface area (Å²) in [5.41, 5.74) is 0. The van der Waals surface area contributed by atoms with E-state index in [4.69, 9.17) is 18.5 Å². The van der Waals surface area contributed by atoms with Crippen LogP contribution >= 0.6 is 7.82 Å². The molecule has 10 heteroatoms. The van der Waals surface area contributed by atoms with E-state index >= 15 is 0 Å². The third-order valence-electron chi connectivity index (χ3n) is 14.1. The molecule has 0 heterocycles. The summed E-state index contributed by atoms with van der Waals surface area (Å²) in [5.74, 6) is -0.886. The Morgan fingerprint density at radius 2 is 0.600 bits per heavy atom. The maximum atomic E-state index is 12.9. The molecule has 90 heavy (non-hydrogen) atoms. The molecule has 0 saturated heterocycles. The number of quaternary nitrogens is 1. The number of hydrogen-bond acceptors (Lipinski definition) is 8. The van der Waals surface area contributed by atoms with Gasteiger partial charge in [0.2, 0.25) is 0 Å². The van der Waals surface area contributed by atoms with Gasteiger partial charge in [-0.05, 0) is 141 Å². The molecule has 0 bridgehead atoms. The van der Waals surface area contributed by atoms with Crippen LogP contribution in [0.1, 0.15) is 245 Å². The lowest BCUT2D eigenvalue weighted by molar-refractivity contribution is -0.870. The first-order valence-electron chi connectivity index (χ1n) is 35.1. The zero-order valence-corrected chi connectivity index (χ0v) is 58.4. The number of ether oxygens (including phenoxy) is 2. The van der Waals surface area contributed by atoms with Crippen molar-refractivity contribution in [1.29, 1.82) is 0 Å². The summed E-state index contributed by atoms with van der Waals surface area (Å²) in [6.45, 7) is 3.95. The largest absolute Gasteiger partial charge is 0.756 e. The SMILES string of the molecule is CC/C=C\C/C=C\C/C=C\C/C=C\C/C=C\C/C=C\C/C=C\C/C=C\C/C=C\CCCCCC(=O)OC(COC(=O)CCCCCCCCCCCCCCC/C=C\C/C=C\C/C=C\C/C=C\C/C=C\C/C=C\C/C=C\CC)COP(=O)([O-])OCC[N+](C)(C)C. The van der Waals surface area contributed by atoms with Crippen molar-refractivity contribution in [3.8, 4) is 0 Å². The molecule has 0 spiro atoms. The fraction of sp³-hybridized carbons (Fsp3) is 0.575. The normalized spacial score (nSPS) is 14.3. The van der Waals surface area contributed by atoms with E-state index in [1.807, 2.05) is 21.1 Å². The van der Waals surface area contributed by atoms with Crippen molar-refractivity contribution in [2.75, 3.05) is 47.5 Å². The minimum atomic E-state index is -4.67. The van der Waals surface area contributed by atoms with E-state index in [-0.39, 0.29) is 26.1 Å². The van der Waals surface area contributed by atoms with Crippen LogP contribution in [-0.2, 0) is 32.7 Å². The molecule has 0 rings (SSSR count). The van der Waals surface area contributed by atoms with Crippen molar-refractivity contribution in [3.05, 3.63) is 194 Å². The van der Waals surface area contributed by atoms with Gasteiger partial charge in [0.15, 0.2) is 6.10 Å². The fourth-order valence-electron chi connectivity index (χ4n) is 8.80. The second-order valence-electron chi connectivity index (χ2n) is 23.8. The van der Waals surface area contributed by atoms with Gasteiger partial charge in [-0.3, -0.25) is 14.2 Å². The Hall–Kier alpha value is -5.15. The topological polar surface area (TPSA) is 111 Å². The summed E-state index contributed by atoms with van der Waals surface area (Å²) in [6.07, 6.45) is 106. The fourth-order valence-corrected chi connectivity index (χ4v) is 9.53. The Morgan fingerprint density at radius 3 is 0.900 bits per heavy atom. The molecule has 0 aliphatic heterocycles. The molecule has 506 valence electrons. The third kappa shape index (κ3) is 71.9. The minimum Gasteiger partial charge on any atom is -0.756 e. The Kier molecular flexibility index (Phi) is 64.3. The van der Waals surface area contributed by atoms with E-state index in [9.17, 15) is 19.0 Å². The maximum absolute atomic E-state index is 12.9. The predicted molar refractivity (Wildman–Crippen MR) is 387 cm³/mol. The first-order chi connectivity index (χ1) is 44.0. The highest BCUT2D eigenvalue weighted by atomic mass is 31.2. The third-order valence-corrected chi connectivity index (χ3v) is 15.1. The van der Waals surface area contributed by atoms with Crippen LogP contribution in [0.2, 0.25) is 0 Å². The lowest BCUT2D eigenvalue weighted by Gasteiger charge is -2.28. The minimum absolute atomic E-state index is 0.0483. The van der Waals surface area contributed by atoms with Crippen molar-refractivity contribution in [2.45, 2.75) is 251 Å². The lowest BCUT2D eigenvalue weighted by Crippen LogP contribution is -2.37. The molecule has 9 nitrogen and oxygen atoms in total. The van der Waals surface area contributed by atoms with Gasteiger partial charge in [-0.1, -0.05) is 285 Å². The lowest BCUT2D eigenvalue weighted by atomic mass is 10.0. The Balaban J connectivity index is 4.18. The number of unbranched alkanes of at least 4 members (excludes halogenated alkanes) is 16. The Bertz CT molecular complexity index is 2220. The van der Waals surface area contributed by atoms with E-state index in [0.717, 1.165) is 141 Å². The molecule has 0 N–H and O–H groups in total. The van der Waals surface area contributed by atoms with Gasteiger partial charge in [0.25, 0.3) is 7.82 Å². The molecule has 2 unspecified atom stereocenters. The average molecular weight is 1260 g/mol. The molecule has 0 aromatic carbocycles. The highest BCUT2D eigenvalue weighted by molar-refractivity contribution is 7.45. The van der Waals surface area contributed by atoms with Crippen LogP contribution in [0.3, 0.4) is 0 Å². The zero-order valence-electron chi connectivity index (χ0n) is 57.5. The summed E-state index contributed by atoms with van der Waals surface area (Å²) < 4.78 is 34.3. The van der Waals surface area contributed by atoms with Crippen LogP contribution < -0.4 is 4.89 Å². The summed E-state index contributed by atoms with van der Waals surface area (Å²) in [4.78, 5) is 38.1. The van der Waals surface area contributed by atoms with E-state index in [0.29, 0.717) is 23.9 Å². The molecule has 2 atom stereocenters. The highest BCUT2D eigenvalue weighted by Crippen LogP contribution is 2.38. The highest BCUT2D eigenvalue weighted by Gasteiger charge is 2.22. The Labute approximate surface area is 552 Å². The van der Waals surface area contributed by atoms with Crippen LogP contribution in [0, 0.1) is 0 Å². The quantitative estimate of drug-likeness (QED) is 0.0195. The number of carbonyl (C=O) groups is 2. The maximum Gasteiger partial charge on any atom is 0.306 e. The first-order valence-corrected chi connectivity index (χ1v) is 36.6. The van der Waals surface area contributed by atoms with Crippen LogP contribution in [0.15, 0.2) is 194 Å². The van der Waals surface area contributed by atoms with Crippen LogP contribution in [0.4, 0.5) is 0 Å². The monoisotopic (exact) mass is 1260 g/mol. The number of nitrogens with zero attached hydrogens (tertiary/aromatic N) is 1. The molecule has 0 aliphatic rings. The van der Waals surface area contributed by atoms with Crippen molar-refractivity contribution >= 4 is 19.8 Å². The van der Waals surface area contributed by atoms with E-state index in [1.54, 1.807) is 0 Å². The van der Waals surface area contributed by atoms with Crippen molar-refractivity contribution in [3.63, 3.8) is 0 Å². The van der Waals surface area contributed by atoms with Crippen LogP contribution in [-0.4, -0.2) is 70.0 Å². The van der Waals surface area contributed by atoms with E-state index < -0.39 is 32.5 Å². The zero-order chi connectivity index (χ0) is 65.5. The van der Waals surface area contributed by atoms with Gasteiger partial charge in [-0.25, -0.2) is 0 Å². The Morgan fingerprint density at radius 1 is 0.344 bits per heavy atom. The van der Waals surface area contributed by atoms with Gasteiger partial charge in [0.1, 0.15) is 19.8 Å². The van der Waals surface area contributed by atoms with Gasteiger partial charge in [0.05, 0.1) is 27.7 Å². The van der Waals surface area contributed by atoms with E-state index in [2.05, 4.69) is 208 Å². The summed E-state index contributed by atoms with van der Waals surface area (Å²) in [5, 5.41) is 0. The summed E-state index contributed by atoms with van der Waals surface area (Å²) in [6, 6.07) is 0. The molecular formula is C80H128NO8P. The number of phosphoric acid groups is 1. The molecule has 0 radical (unpaired) electrons. The van der Waals surface area contributed by atoms with Crippen molar-refractivity contribution in [2.24, 2.45) is 0 Å². The molecule has 0 aromatic rings. The van der Waals surface area contributed by atoms with Gasteiger partial charge >= 0.3 is 11.9 Å². The van der Waals surface area contributed by atoms with Crippen LogP contribution in [0.5, 0.6) is 0 Å². The second-order valence-corrected chi connectivity index (χ2v) is 25.2. The number of rotatable bonds is 62. The molecule has 0 fully saturated rings. The van der Waals surface area contributed by atoms with Gasteiger partial charge in [-0.2, -0.15) is 0 Å². The number of likely N-dealkylation sites (N-methyl/N-ethyl adjacent to an activating group) is 1. The average Bonchev–Trinajstić information content (AvgIpc) is 3.58. The van der Waals surface area contributed by atoms with Gasteiger partial charge in [0, 0.05) is 12.8 Å². The second kappa shape index (κ2) is 68.2. The smallest absolute Gasteiger partial charge is 0.306 e. The predicted octanol–water partition coefficient (Wildman–Crippen LogP) is 22.6. The molecule has 0 saturated carbocycles. The molecule has 0 aromatic heterocycles. The number of carbonyl (C=O) groups excluding carboxylic acids is 2. The van der Waals surface area contributed by atoms with Gasteiger partial charge in [-0.15, -0.1) is 0 Å². The van der Waals surface area contributed by atoms with Crippen molar-refractivity contribution < 1.29 is 42.1 Å². The van der Waals surface area contributed by atoms with E-state index in [1.165, 1.54) is 64.2 Å². The molecule has 0 amide bonds. The molecular weight excluding hydrogens is 1130 g/mol. The summed E-state index contributed by atoms with van der Waals surface area (Å²) >= 11 is 0.